The summed E-state index contributed by atoms with van der Waals surface area (Å²) in [6.45, 7) is -0.444. The van der Waals surface area contributed by atoms with Gasteiger partial charge in [0.15, 0.2) is 0 Å². The Morgan fingerprint density at radius 1 is 0.811 bits per heavy atom. The molecule has 1 unspecified atom stereocenters. The number of sulfonamides is 1. The van der Waals surface area contributed by atoms with Crippen LogP contribution in [0.3, 0.4) is 0 Å². The maximum atomic E-state index is 15.1. The first-order chi connectivity index (χ1) is 25.4. The molecular weight excluding hydrogens is 712 g/mol. The van der Waals surface area contributed by atoms with Gasteiger partial charge in [0.2, 0.25) is 15.8 Å². The van der Waals surface area contributed by atoms with Crippen LogP contribution in [-0.2, 0) is 35.8 Å². The predicted molar refractivity (Wildman–Crippen MR) is 191 cm³/mol. The summed E-state index contributed by atoms with van der Waals surface area (Å²) in [5.41, 5.74) is 0.871. The van der Waals surface area contributed by atoms with Gasteiger partial charge in [-0.2, -0.15) is 22.3 Å². The Kier molecular flexibility index (Phi) is 11.2. The van der Waals surface area contributed by atoms with E-state index in [-0.39, 0.29) is 43.0 Å². The number of rotatable bonds is 13. The molecule has 1 aliphatic carbocycles. The molecule has 0 saturated heterocycles. The number of hydrogen-bond acceptors (Lipinski definition) is 9. The second kappa shape index (κ2) is 15.8. The molecule has 15 heteroatoms. The van der Waals surface area contributed by atoms with E-state index in [2.05, 4.69) is 15.4 Å². The molecule has 0 aliphatic heterocycles. The molecule has 4 aromatic carbocycles. The lowest BCUT2D eigenvalue weighted by atomic mass is 9.88. The maximum absolute atomic E-state index is 15.1. The molecule has 1 atom stereocenters. The number of aliphatic hydroxyl groups excluding tert-OH is 1. The van der Waals surface area contributed by atoms with Gasteiger partial charge in [0.25, 0.3) is 0 Å². The minimum atomic E-state index is -5.09. The average Bonchev–Trinajstić information content (AvgIpc) is 3.63. The van der Waals surface area contributed by atoms with Crippen LogP contribution in [-0.4, -0.2) is 65.5 Å². The Labute approximate surface area is 305 Å². The molecule has 0 radical (unpaired) electrons. The van der Waals surface area contributed by atoms with Crippen LogP contribution in [0.2, 0.25) is 0 Å². The first kappa shape index (κ1) is 37.5. The second-order valence-corrected chi connectivity index (χ2v) is 14.4. The van der Waals surface area contributed by atoms with Gasteiger partial charge in [-0.25, -0.2) is 8.42 Å². The van der Waals surface area contributed by atoms with Crippen molar-refractivity contribution < 1.29 is 40.9 Å². The van der Waals surface area contributed by atoms with Crippen LogP contribution in [0.4, 0.5) is 13.2 Å². The van der Waals surface area contributed by atoms with Crippen molar-refractivity contribution in [2.75, 3.05) is 21.3 Å². The van der Waals surface area contributed by atoms with Crippen LogP contribution < -0.4 is 14.2 Å². The average molecular weight is 750 g/mol. The van der Waals surface area contributed by atoms with E-state index >= 15 is 21.6 Å². The van der Waals surface area contributed by atoms with Crippen molar-refractivity contribution in [3.63, 3.8) is 0 Å². The summed E-state index contributed by atoms with van der Waals surface area (Å²) in [4.78, 5) is 0.212. The SMILES string of the molecule is COc1ccc(CN(Cc2ccc(OC)cc2)S(=O)(=O)c2c(C(F)(F)F)ccc(C3=CCC(O)CC3)c2-c2nnn(Cc3ccc(OC)cc3)n2)cc1. The largest absolute Gasteiger partial charge is 0.497 e. The zero-order chi connectivity index (χ0) is 37.8. The van der Waals surface area contributed by atoms with Crippen LogP contribution in [0.15, 0.2) is 95.9 Å². The number of benzene rings is 4. The molecule has 1 heterocycles. The van der Waals surface area contributed by atoms with Crippen molar-refractivity contribution in [3.05, 3.63) is 119 Å². The lowest BCUT2D eigenvalue weighted by molar-refractivity contribution is -0.139. The van der Waals surface area contributed by atoms with Gasteiger partial charge < -0.3 is 19.3 Å². The fourth-order valence-electron chi connectivity index (χ4n) is 6.16. The van der Waals surface area contributed by atoms with Gasteiger partial charge in [0.05, 0.1) is 45.1 Å². The fourth-order valence-corrected chi connectivity index (χ4v) is 7.97. The lowest BCUT2D eigenvalue weighted by Gasteiger charge is -2.27. The third-order valence-electron chi connectivity index (χ3n) is 8.99. The second-order valence-electron chi connectivity index (χ2n) is 12.5. The number of aliphatic hydroxyl groups is 1. The lowest BCUT2D eigenvalue weighted by Crippen LogP contribution is -2.32. The topological polar surface area (TPSA) is 129 Å². The molecule has 0 bridgehead atoms. The number of alkyl halides is 3. The molecule has 53 heavy (non-hydrogen) atoms. The van der Waals surface area contributed by atoms with Crippen molar-refractivity contribution >= 4 is 15.6 Å². The Hall–Kier alpha value is -5.25. The zero-order valence-electron chi connectivity index (χ0n) is 29.2. The van der Waals surface area contributed by atoms with Crippen molar-refractivity contribution in [2.24, 2.45) is 0 Å². The quantitative estimate of drug-likeness (QED) is 0.139. The van der Waals surface area contributed by atoms with E-state index < -0.39 is 32.8 Å². The molecule has 1 aliphatic rings. The minimum absolute atomic E-state index is 0.101. The van der Waals surface area contributed by atoms with Crippen LogP contribution in [0.5, 0.6) is 17.2 Å². The smallest absolute Gasteiger partial charge is 0.417 e. The highest BCUT2D eigenvalue weighted by Gasteiger charge is 2.43. The van der Waals surface area contributed by atoms with Gasteiger partial charge in [0.1, 0.15) is 22.1 Å². The molecule has 5 aromatic rings. The number of ether oxygens (including phenoxy) is 3. The van der Waals surface area contributed by atoms with Crippen molar-refractivity contribution in [1.82, 2.24) is 24.5 Å². The molecule has 0 saturated carbocycles. The number of hydrogen-bond donors (Lipinski definition) is 1. The Balaban J connectivity index is 1.55. The van der Waals surface area contributed by atoms with E-state index in [4.69, 9.17) is 14.2 Å². The van der Waals surface area contributed by atoms with Gasteiger partial charge >= 0.3 is 6.18 Å². The van der Waals surface area contributed by atoms with Crippen LogP contribution in [0.25, 0.3) is 17.0 Å². The summed E-state index contributed by atoms with van der Waals surface area (Å²) in [6.07, 6.45) is -3.12. The third kappa shape index (κ3) is 8.53. The molecule has 1 aromatic heterocycles. The molecule has 0 fully saturated rings. The van der Waals surface area contributed by atoms with Crippen LogP contribution in [0.1, 0.15) is 47.1 Å². The summed E-state index contributed by atoms with van der Waals surface area (Å²) >= 11 is 0. The van der Waals surface area contributed by atoms with E-state index in [1.807, 2.05) is 0 Å². The van der Waals surface area contributed by atoms with E-state index in [1.165, 1.54) is 32.2 Å². The first-order valence-electron chi connectivity index (χ1n) is 16.7. The van der Waals surface area contributed by atoms with Gasteiger partial charge in [-0.05, 0) is 94.8 Å². The van der Waals surface area contributed by atoms with Crippen molar-refractivity contribution in [3.8, 4) is 28.6 Å². The van der Waals surface area contributed by atoms with Gasteiger partial charge in [-0.3, -0.25) is 0 Å². The molecule has 0 amide bonds. The molecule has 1 N–H and O–H groups in total. The number of halogens is 3. The Morgan fingerprint density at radius 3 is 1.81 bits per heavy atom. The minimum Gasteiger partial charge on any atom is -0.497 e. The zero-order valence-corrected chi connectivity index (χ0v) is 30.1. The number of aromatic nitrogens is 4. The van der Waals surface area contributed by atoms with Crippen molar-refractivity contribution in [1.29, 1.82) is 0 Å². The monoisotopic (exact) mass is 749 g/mol. The molecular formula is C38H38F3N5O6S. The summed E-state index contributed by atoms with van der Waals surface area (Å²) in [5.74, 6) is 1.40. The highest BCUT2D eigenvalue weighted by Crippen LogP contribution is 2.45. The predicted octanol–water partition coefficient (Wildman–Crippen LogP) is 6.75. The van der Waals surface area contributed by atoms with Gasteiger partial charge in [0, 0.05) is 13.1 Å². The van der Waals surface area contributed by atoms with E-state index in [1.54, 1.807) is 78.9 Å². The summed E-state index contributed by atoms with van der Waals surface area (Å²) in [6, 6.07) is 22.3. The fraction of sp³-hybridized carbons (Fsp3) is 0.289. The van der Waals surface area contributed by atoms with Crippen LogP contribution in [0, 0.1) is 0 Å². The maximum Gasteiger partial charge on any atom is 0.417 e. The number of allylic oxidation sites excluding steroid dienone is 1. The van der Waals surface area contributed by atoms with Gasteiger partial charge in [-0.15, -0.1) is 10.2 Å². The number of nitrogens with zero attached hydrogens (tertiary/aromatic N) is 5. The standard InChI is InChI=1S/C38H38F3N5O6S/c1-50-30-14-4-25(5-15-30)22-45(23-26-6-16-31(51-2)17-7-26)53(48,49)36-34(38(39,40)41)21-20-33(28-10-12-29(47)13-11-28)35(36)37-42-44-46(43-37)24-27-8-18-32(52-3)19-9-27/h4-10,14-21,29,47H,11-13,22-24H2,1-3H3. The third-order valence-corrected chi connectivity index (χ3v) is 10.9. The van der Waals surface area contributed by atoms with Crippen molar-refractivity contribution in [2.45, 2.75) is 56.1 Å². The molecule has 11 nitrogen and oxygen atoms in total. The van der Waals surface area contributed by atoms with Gasteiger partial charge in [-0.1, -0.05) is 48.5 Å². The first-order valence-corrected chi connectivity index (χ1v) is 18.1. The summed E-state index contributed by atoms with van der Waals surface area (Å²) < 4.78 is 92.3. The van der Waals surface area contributed by atoms with E-state index in [0.717, 1.165) is 15.9 Å². The van der Waals surface area contributed by atoms with Crippen LogP contribution >= 0.6 is 0 Å². The normalized spacial score (nSPS) is 14.9. The summed E-state index contributed by atoms with van der Waals surface area (Å²) in [7, 11) is -0.485. The molecule has 0 spiro atoms. The Bertz CT molecular complexity index is 2120. The highest BCUT2D eigenvalue weighted by molar-refractivity contribution is 7.89. The molecule has 278 valence electrons. The number of tetrazole rings is 1. The number of methoxy groups -OCH3 is 3. The highest BCUT2D eigenvalue weighted by atomic mass is 32.2. The van der Waals surface area contributed by atoms with E-state index in [9.17, 15) is 5.11 Å². The Morgan fingerprint density at radius 2 is 1.34 bits per heavy atom. The summed E-state index contributed by atoms with van der Waals surface area (Å²) in [5, 5.41) is 23.0. The molecule has 6 rings (SSSR count). The van der Waals surface area contributed by atoms with E-state index in [0.29, 0.717) is 46.8 Å².